The largest absolute Gasteiger partial charge is 0.490 e. The molecule has 0 spiro atoms. The first-order valence-corrected chi connectivity index (χ1v) is 12.4. The van der Waals surface area contributed by atoms with Crippen molar-refractivity contribution in [2.45, 2.75) is 71.1 Å². The Morgan fingerprint density at radius 2 is 1.65 bits per heavy atom. The first-order chi connectivity index (χ1) is 16.0. The summed E-state index contributed by atoms with van der Waals surface area (Å²) in [5, 5.41) is 11.7. The molecule has 1 aliphatic heterocycles. The smallest absolute Gasteiger partial charge is 0.475 e. The highest BCUT2D eigenvalue weighted by Crippen LogP contribution is 2.60. The van der Waals surface area contributed by atoms with Crippen LogP contribution in [0.3, 0.4) is 0 Å². The number of likely N-dealkylation sites (N-methyl/N-ethyl adjacent to an activating group) is 1. The number of carboxylic acid groups (broad SMARTS) is 1. The van der Waals surface area contributed by atoms with Crippen molar-refractivity contribution in [1.29, 1.82) is 0 Å². The van der Waals surface area contributed by atoms with Crippen LogP contribution in [0.25, 0.3) is 0 Å². The molecule has 0 aromatic carbocycles. The van der Waals surface area contributed by atoms with Crippen molar-refractivity contribution in [2.75, 3.05) is 26.2 Å². The molecule has 1 N–H and O–H groups in total. The third kappa shape index (κ3) is 4.97. The van der Waals surface area contributed by atoms with Gasteiger partial charge in [0.1, 0.15) is 0 Å². The number of hydrogen-bond donors (Lipinski definition) is 1. The van der Waals surface area contributed by atoms with Crippen LogP contribution in [-0.4, -0.2) is 68.9 Å². The molecule has 0 radical (unpaired) electrons. The van der Waals surface area contributed by atoms with Gasteiger partial charge in [-0.1, -0.05) is 13.8 Å². The molecule has 2 heterocycles. The monoisotopic (exact) mass is 484 g/mol. The van der Waals surface area contributed by atoms with Crippen molar-refractivity contribution in [3.63, 3.8) is 0 Å². The molecule has 34 heavy (non-hydrogen) atoms. The molecule has 1 atom stereocenters. The van der Waals surface area contributed by atoms with E-state index in [1.807, 2.05) is 6.20 Å². The molecule has 1 unspecified atom stereocenters. The fraction of sp³-hybridized carbons (Fsp3) is 0.792. The number of alkyl halides is 3. The number of aromatic nitrogens is 2. The normalized spacial score (nSPS) is 31.8. The van der Waals surface area contributed by atoms with Gasteiger partial charge < -0.3 is 14.9 Å². The first-order valence-electron chi connectivity index (χ1n) is 12.4. The van der Waals surface area contributed by atoms with E-state index in [4.69, 9.17) is 9.90 Å². The Hall–Kier alpha value is -2.10. The van der Waals surface area contributed by atoms with Gasteiger partial charge in [0.25, 0.3) is 0 Å². The fourth-order valence-electron chi connectivity index (χ4n) is 7.17. The minimum absolute atomic E-state index is 0.0311. The van der Waals surface area contributed by atoms with Crippen molar-refractivity contribution in [3.8, 4) is 0 Å². The van der Waals surface area contributed by atoms with Gasteiger partial charge in [-0.05, 0) is 75.4 Å². The summed E-state index contributed by atoms with van der Waals surface area (Å²) in [7, 11) is 0. The van der Waals surface area contributed by atoms with Crippen molar-refractivity contribution in [2.24, 2.45) is 23.2 Å². The lowest BCUT2D eigenvalue weighted by Crippen LogP contribution is -2.56. The zero-order valence-corrected chi connectivity index (χ0v) is 19.9. The van der Waals surface area contributed by atoms with Gasteiger partial charge in [-0.3, -0.25) is 9.48 Å². The second-order valence-electron chi connectivity index (χ2n) is 10.6. The van der Waals surface area contributed by atoms with Crippen LogP contribution in [0.4, 0.5) is 13.2 Å². The summed E-state index contributed by atoms with van der Waals surface area (Å²) in [6, 6.07) is 2.38. The van der Waals surface area contributed by atoms with Crippen molar-refractivity contribution in [1.82, 2.24) is 19.6 Å². The van der Waals surface area contributed by atoms with Gasteiger partial charge in [-0.2, -0.15) is 18.3 Å². The molecule has 1 aromatic heterocycles. The van der Waals surface area contributed by atoms with Crippen molar-refractivity contribution < 1.29 is 27.9 Å². The molecule has 4 saturated carbocycles. The van der Waals surface area contributed by atoms with Crippen LogP contribution in [0.2, 0.25) is 0 Å². The standard InChI is InChI=1S/C22H34N4O.C2HF3O2/c1-3-24(4-2)13-20-15-25(14-19-5-6-23-26(19)20)21(27)22-10-16-7-17(11-22)9-18(8-16)12-22;3-2(4,5)1(6)7/h5-6,16-18,20H,3-4,7-15H2,1-2H3;(H,6,7). The summed E-state index contributed by atoms with van der Waals surface area (Å²) < 4.78 is 33.9. The van der Waals surface area contributed by atoms with E-state index in [9.17, 15) is 18.0 Å². The summed E-state index contributed by atoms with van der Waals surface area (Å²) in [4.78, 5) is 27.4. The quantitative estimate of drug-likeness (QED) is 0.685. The van der Waals surface area contributed by atoms with Crippen LogP contribution in [-0.2, 0) is 16.1 Å². The van der Waals surface area contributed by atoms with Gasteiger partial charge in [0, 0.05) is 19.3 Å². The van der Waals surface area contributed by atoms with Gasteiger partial charge in [-0.25, -0.2) is 4.79 Å². The number of amides is 1. The summed E-state index contributed by atoms with van der Waals surface area (Å²) in [5.41, 5.74) is 1.17. The number of hydrogen-bond acceptors (Lipinski definition) is 4. The highest BCUT2D eigenvalue weighted by Gasteiger charge is 2.56. The van der Waals surface area contributed by atoms with E-state index < -0.39 is 12.1 Å². The number of nitrogens with zero attached hydrogens (tertiary/aromatic N) is 4. The molecule has 0 saturated heterocycles. The molecule has 190 valence electrons. The van der Waals surface area contributed by atoms with Gasteiger partial charge in [0.15, 0.2) is 0 Å². The maximum atomic E-state index is 13.8. The van der Waals surface area contributed by atoms with E-state index in [1.165, 1.54) is 25.0 Å². The Labute approximate surface area is 198 Å². The predicted octanol–water partition coefficient (Wildman–Crippen LogP) is 3.96. The summed E-state index contributed by atoms with van der Waals surface area (Å²) >= 11 is 0. The third-order valence-electron chi connectivity index (χ3n) is 8.27. The van der Waals surface area contributed by atoms with Crippen molar-refractivity contribution >= 4 is 11.9 Å². The molecular formula is C24H35F3N4O3. The number of carbonyl (C=O) groups is 2. The highest BCUT2D eigenvalue weighted by atomic mass is 19.4. The topological polar surface area (TPSA) is 78.7 Å². The van der Waals surface area contributed by atoms with Crippen LogP contribution < -0.4 is 0 Å². The molecule has 5 aliphatic rings. The van der Waals surface area contributed by atoms with Crippen LogP contribution in [0.15, 0.2) is 12.3 Å². The van der Waals surface area contributed by atoms with E-state index in [2.05, 4.69) is 39.5 Å². The lowest BCUT2D eigenvalue weighted by Gasteiger charge is -2.57. The second kappa shape index (κ2) is 9.51. The minimum Gasteiger partial charge on any atom is -0.475 e. The van der Waals surface area contributed by atoms with E-state index in [0.29, 0.717) is 5.91 Å². The Morgan fingerprint density at radius 3 is 2.12 bits per heavy atom. The maximum absolute atomic E-state index is 13.8. The molecule has 10 heteroatoms. The molecule has 4 bridgehead atoms. The van der Waals surface area contributed by atoms with Gasteiger partial charge >= 0.3 is 12.1 Å². The first kappa shape index (κ1) is 25.0. The lowest BCUT2D eigenvalue weighted by molar-refractivity contribution is -0.192. The SMILES string of the molecule is CCN(CC)CC1CN(C(=O)C23CC4CC(CC(C4)C2)C3)Cc2ccnn21.O=C(O)C(F)(F)F. The maximum Gasteiger partial charge on any atom is 0.490 e. The van der Waals surface area contributed by atoms with E-state index in [-0.39, 0.29) is 11.5 Å². The molecule has 1 amide bonds. The number of carbonyl (C=O) groups excluding carboxylic acids is 1. The minimum atomic E-state index is -5.08. The number of rotatable bonds is 5. The molecule has 1 aromatic rings. The van der Waals surface area contributed by atoms with Gasteiger partial charge in [-0.15, -0.1) is 0 Å². The molecule has 4 fully saturated rings. The van der Waals surface area contributed by atoms with E-state index in [1.54, 1.807) is 0 Å². The van der Waals surface area contributed by atoms with E-state index >= 15 is 0 Å². The van der Waals surface area contributed by atoms with Crippen molar-refractivity contribution in [3.05, 3.63) is 18.0 Å². The number of halogens is 3. The summed E-state index contributed by atoms with van der Waals surface area (Å²) in [5.74, 6) is 0.178. The average molecular weight is 485 g/mol. The summed E-state index contributed by atoms with van der Waals surface area (Å²) in [6.07, 6.45) is 4.48. The lowest BCUT2D eigenvalue weighted by atomic mass is 9.49. The Morgan fingerprint density at radius 1 is 1.12 bits per heavy atom. The number of aliphatic carboxylic acids is 1. The Kier molecular flexibility index (Phi) is 6.99. The molecule has 4 aliphatic carbocycles. The highest BCUT2D eigenvalue weighted by molar-refractivity contribution is 5.83. The third-order valence-corrected chi connectivity index (χ3v) is 8.27. The van der Waals surface area contributed by atoms with Crippen LogP contribution in [0.1, 0.15) is 64.1 Å². The Balaban J connectivity index is 0.000000344. The number of fused-ring (bicyclic) bond motifs is 1. The molecular weight excluding hydrogens is 449 g/mol. The van der Waals surface area contributed by atoms with Crippen LogP contribution >= 0.6 is 0 Å². The summed E-state index contributed by atoms with van der Waals surface area (Å²) in [6.45, 7) is 9.08. The van der Waals surface area contributed by atoms with Crippen LogP contribution in [0, 0.1) is 23.2 Å². The Bertz CT molecular complexity index is 861. The predicted molar refractivity (Wildman–Crippen MR) is 119 cm³/mol. The molecule has 7 nitrogen and oxygen atoms in total. The zero-order chi connectivity index (χ0) is 24.7. The average Bonchev–Trinajstić information content (AvgIpc) is 3.24. The number of carboxylic acids is 1. The molecule has 6 rings (SSSR count). The van der Waals surface area contributed by atoms with Gasteiger partial charge in [0.05, 0.1) is 23.7 Å². The van der Waals surface area contributed by atoms with E-state index in [0.717, 1.165) is 69.7 Å². The van der Waals surface area contributed by atoms with Crippen LogP contribution in [0.5, 0.6) is 0 Å². The fourth-order valence-corrected chi connectivity index (χ4v) is 7.17. The zero-order valence-electron chi connectivity index (χ0n) is 19.9. The van der Waals surface area contributed by atoms with Gasteiger partial charge in [0.2, 0.25) is 5.91 Å². The second-order valence-corrected chi connectivity index (χ2v) is 10.6.